The number of halogens is 1. The average Bonchev–Trinajstić information content (AvgIpc) is 2.33. The van der Waals surface area contributed by atoms with E-state index >= 15 is 0 Å². The zero-order valence-corrected chi connectivity index (χ0v) is 12.3. The number of hydrogen-bond donors (Lipinski definition) is 2. The summed E-state index contributed by atoms with van der Waals surface area (Å²) in [6, 6.07) is 6.75. The molecule has 1 aromatic rings. The molecule has 1 N–H and O–H groups in total. The van der Waals surface area contributed by atoms with Crippen LogP contribution in [0.15, 0.2) is 28.7 Å². The molecule has 0 bridgehead atoms. The Labute approximate surface area is 120 Å². The van der Waals surface area contributed by atoms with Gasteiger partial charge in [-0.25, -0.2) is 4.79 Å². The minimum absolute atomic E-state index is 0.169. The van der Waals surface area contributed by atoms with E-state index in [0.29, 0.717) is 0 Å². The van der Waals surface area contributed by atoms with Crippen molar-refractivity contribution in [3.05, 3.63) is 34.3 Å². The molecular weight excluding hydrogens is 318 g/mol. The predicted molar refractivity (Wildman–Crippen MR) is 75.4 cm³/mol. The highest BCUT2D eigenvalue weighted by Crippen LogP contribution is 2.12. The van der Waals surface area contributed by atoms with Crippen molar-refractivity contribution in [2.75, 3.05) is 5.75 Å². The highest BCUT2D eigenvalue weighted by atomic mass is 79.9. The maximum Gasteiger partial charge on any atom is 0.329 e. The Hall–Kier alpha value is -1.01. The van der Waals surface area contributed by atoms with E-state index in [2.05, 4.69) is 33.9 Å². The summed E-state index contributed by atoms with van der Waals surface area (Å²) in [6.45, 7) is 1.51. The first kappa shape index (κ1) is 15.0. The molecule has 98 valence electrons. The Bertz CT molecular complexity index is 439. The second-order valence-corrected chi connectivity index (χ2v) is 4.95. The standard InChI is InChI=1S/C12H14BrNO3S/c1-8(15)14-11(7-18)12(16)17-6-9-3-2-4-10(13)5-9/h2-5,11,18H,6-7H2,1H3,(H,14,15). The van der Waals surface area contributed by atoms with Crippen molar-refractivity contribution in [2.24, 2.45) is 0 Å². The molecule has 6 heteroatoms. The zero-order valence-electron chi connectivity index (χ0n) is 9.85. The molecule has 0 spiro atoms. The van der Waals surface area contributed by atoms with Crippen LogP contribution in [0.5, 0.6) is 0 Å². The van der Waals surface area contributed by atoms with Crippen LogP contribution in [-0.2, 0) is 20.9 Å². The first-order valence-electron chi connectivity index (χ1n) is 5.32. The van der Waals surface area contributed by atoms with Gasteiger partial charge >= 0.3 is 5.97 Å². The highest BCUT2D eigenvalue weighted by molar-refractivity contribution is 9.10. The van der Waals surface area contributed by atoms with Gasteiger partial charge in [0.05, 0.1) is 0 Å². The maximum absolute atomic E-state index is 11.7. The maximum atomic E-state index is 11.7. The first-order chi connectivity index (χ1) is 8.52. The largest absolute Gasteiger partial charge is 0.459 e. The quantitative estimate of drug-likeness (QED) is 0.640. The molecule has 1 amide bonds. The normalized spacial score (nSPS) is 11.7. The van der Waals surface area contributed by atoms with Crippen molar-refractivity contribution in [1.29, 1.82) is 0 Å². The molecule has 0 aliphatic heterocycles. The molecule has 1 rings (SSSR count). The molecule has 1 aromatic carbocycles. The Morgan fingerprint density at radius 2 is 2.22 bits per heavy atom. The Morgan fingerprint density at radius 3 is 2.78 bits per heavy atom. The molecule has 0 saturated heterocycles. The molecule has 0 radical (unpaired) electrons. The summed E-state index contributed by atoms with van der Waals surface area (Å²) in [5, 5.41) is 2.48. The summed E-state index contributed by atoms with van der Waals surface area (Å²) in [4.78, 5) is 22.5. The fourth-order valence-corrected chi connectivity index (χ4v) is 1.99. The van der Waals surface area contributed by atoms with Gasteiger partial charge in [-0.15, -0.1) is 0 Å². The molecule has 0 fully saturated rings. The average molecular weight is 332 g/mol. The molecule has 1 unspecified atom stereocenters. The molecule has 18 heavy (non-hydrogen) atoms. The van der Waals surface area contributed by atoms with Crippen LogP contribution in [0.1, 0.15) is 12.5 Å². The Kier molecular flexibility index (Phi) is 6.21. The summed E-state index contributed by atoms with van der Waals surface area (Å²) in [7, 11) is 0. The highest BCUT2D eigenvalue weighted by Gasteiger charge is 2.19. The number of carbonyl (C=O) groups is 2. The fraction of sp³-hybridized carbons (Fsp3) is 0.333. The van der Waals surface area contributed by atoms with E-state index in [9.17, 15) is 9.59 Å². The first-order valence-corrected chi connectivity index (χ1v) is 6.74. The van der Waals surface area contributed by atoms with Crippen LogP contribution in [0.4, 0.5) is 0 Å². The lowest BCUT2D eigenvalue weighted by molar-refractivity contribution is -0.148. The van der Waals surface area contributed by atoms with Gasteiger partial charge in [0.2, 0.25) is 5.91 Å². The lowest BCUT2D eigenvalue weighted by Crippen LogP contribution is -2.42. The third kappa shape index (κ3) is 5.10. The third-order valence-electron chi connectivity index (χ3n) is 2.11. The number of thiol groups is 1. The topological polar surface area (TPSA) is 55.4 Å². The summed E-state index contributed by atoms with van der Waals surface area (Å²) in [5.41, 5.74) is 0.874. The smallest absolute Gasteiger partial charge is 0.329 e. The SMILES string of the molecule is CC(=O)NC(CS)C(=O)OCc1cccc(Br)c1. The van der Waals surface area contributed by atoms with Gasteiger partial charge in [-0.05, 0) is 17.7 Å². The van der Waals surface area contributed by atoms with E-state index in [4.69, 9.17) is 4.74 Å². The number of ether oxygens (including phenoxy) is 1. The number of hydrogen-bond acceptors (Lipinski definition) is 4. The summed E-state index contributed by atoms with van der Waals surface area (Å²) in [6.07, 6.45) is 0. The number of amides is 1. The Morgan fingerprint density at radius 1 is 1.50 bits per heavy atom. The van der Waals surface area contributed by atoms with Gasteiger partial charge in [-0.3, -0.25) is 4.79 Å². The second kappa shape index (κ2) is 7.43. The van der Waals surface area contributed by atoms with Gasteiger partial charge in [-0.1, -0.05) is 28.1 Å². The van der Waals surface area contributed by atoms with Crippen LogP contribution in [0.2, 0.25) is 0 Å². The van der Waals surface area contributed by atoms with Gasteiger partial charge in [0.15, 0.2) is 0 Å². The molecule has 0 aliphatic rings. The summed E-state index contributed by atoms with van der Waals surface area (Å²) in [5.74, 6) is -0.565. The molecule has 0 aromatic heterocycles. The van der Waals surface area contributed by atoms with Gasteiger partial charge in [0.1, 0.15) is 12.6 Å². The van der Waals surface area contributed by atoms with Crippen molar-refractivity contribution in [2.45, 2.75) is 19.6 Å². The lowest BCUT2D eigenvalue weighted by atomic mass is 10.2. The van der Waals surface area contributed by atoms with Crippen LogP contribution in [0, 0.1) is 0 Å². The Balaban J connectivity index is 2.51. The van der Waals surface area contributed by atoms with Gasteiger partial charge in [0.25, 0.3) is 0 Å². The lowest BCUT2D eigenvalue weighted by Gasteiger charge is -2.14. The van der Waals surface area contributed by atoms with E-state index < -0.39 is 12.0 Å². The van der Waals surface area contributed by atoms with Crippen LogP contribution in [0.3, 0.4) is 0 Å². The minimum atomic E-state index is -0.710. The van der Waals surface area contributed by atoms with Crippen molar-refractivity contribution < 1.29 is 14.3 Å². The van der Waals surface area contributed by atoms with Crippen molar-refractivity contribution in [3.63, 3.8) is 0 Å². The van der Waals surface area contributed by atoms with Crippen molar-refractivity contribution in [3.8, 4) is 0 Å². The van der Waals surface area contributed by atoms with E-state index in [1.807, 2.05) is 24.3 Å². The third-order valence-corrected chi connectivity index (χ3v) is 2.97. The van der Waals surface area contributed by atoms with Gasteiger partial charge in [0, 0.05) is 17.1 Å². The minimum Gasteiger partial charge on any atom is -0.459 e. The molecule has 0 saturated carbocycles. The monoisotopic (exact) mass is 331 g/mol. The van der Waals surface area contributed by atoms with Gasteiger partial charge < -0.3 is 10.1 Å². The van der Waals surface area contributed by atoms with E-state index in [-0.39, 0.29) is 18.3 Å². The number of esters is 1. The molecule has 4 nitrogen and oxygen atoms in total. The zero-order chi connectivity index (χ0) is 13.5. The molecule has 1 atom stereocenters. The number of nitrogens with one attached hydrogen (secondary N) is 1. The van der Waals surface area contributed by atoms with Crippen molar-refractivity contribution >= 4 is 40.4 Å². The predicted octanol–water partition coefficient (Wildman–Crippen LogP) is 1.93. The van der Waals surface area contributed by atoms with Crippen LogP contribution in [0.25, 0.3) is 0 Å². The molecule has 0 heterocycles. The number of benzene rings is 1. The second-order valence-electron chi connectivity index (χ2n) is 3.67. The summed E-state index contributed by atoms with van der Waals surface area (Å²) < 4.78 is 6.03. The number of rotatable bonds is 5. The number of carbonyl (C=O) groups excluding carboxylic acids is 2. The van der Waals surface area contributed by atoms with Crippen LogP contribution >= 0.6 is 28.6 Å². The van der Waals surface area contributed by atoms with E-state index in [1.165, 1.54) is 6.92 Å². The van der Waals surface area contributed by atoms with Gasteiger partial charge in [-0.2, -0.15) is 12.6 Å². The van der Waals surface area contributed by atoms with E-state index in [0.717, 1.165) is 10.0 Å². The molecule has 0 aliphatic carbocycles. The molecular formula is C12H14BrNO3S. The van der Waals surface area contributed by atoms with Crippen LogP contribution in [-0.4, -0.2) is 23.7 Å². The summed E-state index contributed by atoms with van der Waals surface area (Å²) >= 11 is 7.34. The van der Waals surface area contributed by atoms with Crippen LogP contribution < -0.4 is 5.32 Å². The fourth-order valence-electron chi connectivity index (χ4n) is 1.31. The van der Waals surface area contributed by atoms with Crippen molar-refractivity contribution in [1.82, 2.24) is 5.32 Å². The van der Waals surface area contributed by atoms with E-state index in [1.54, 1.807) is 0 Å².